The van der Waals surface area contributed by atoms with Crippen LogP contribution < -0.4 is 10.5 Å². The topological polar surface area (TPSA) is 48.1 Å². The van der Waals surface area contributed by atoms with Gasteiger partial charge in [0.2, 0.25) is 0 Å². The van der Waals surface area contributed by atoms with Gasteiger partial charge < -0.3 is 10.5 Å². The number of anilines is 1. The number of halogens is 2. The molecule has 3 nitrogen and oxygen atoms in total. The molecule has 0 fully saturated rings. The Kier molecular flexibility index (Phi) is 3.16. The minimum atomic E-state index is -0.574. The Morgan fingerprint density at radius 3 is 2.85 bits per heavy atom. The van der Waals surface area contributed by atoms with Gasteiger partial charge in [0.05, 0.1) is 16.2 Å². The average Bonchev–Trinajstić information content (AvgIpc) is 2.44. The first-order valence-electron chi connectivity index (χ1n) is 5.90. The minimum absolute atomic E-state index is 0.0324. The average molecular weight is 289 g/mol. The number of nitrogen functional groups attached to an aromatic ring is 1. The fourth-order valence-electron chi connectivity index (χ4n) is 1.87. The van der Waals surface area contributed by atoms with Gasteiger partial charge >= 0.3 is 0 Å². The van der Waals surface area contributed by atoms with E-state index < -0.39 is 5.82 Å². The number of fused-ring (bicyclic) bond motifs is 1. The van der Waals surface area contributed by atoms with Crippen LogP contribution in [0.5, 0.6) is 11.5 Å². The molecule has 20 heavy (non-hydrogen) atoms. The lowest BCUT2D eigenvalue weighted by molar-refractivity contribution is 0.480. The molecule has 3 aromatic rings. The molecule has 0 saturated heterocycles. The maximum Gasteiger partial charge on any atom is 0.153 e. The second kappa shape index (κ2) is 4.98. The van der Waals surface area contributed by atoms with Gasteiger partial charge in [0.25, 0.3) is 0 Å². The Balaban J connectivity index is 1.99. The zero-order valence-electron chi connectivity index (χ0n) is 10.3. The van der Waals surface area contributed by atoms with Gasteiger partial charge in [-0.2, -0.15) is 0 Å². The van der Waals surface area contributed by atoms with Gasteiger partial charge in [0, 0.05) is 23.7 Å². The van der Waals surface area contributed by atoms with Crippen molar-refractivity contribution in [2.24, 2.45) is 0 Å². The minimum Gasteiger partial charge on any atom is -0.455 e. The van der Waals surface area contributed by atoms with Gasteiger partial charge in [-0.1, -0.05) is 17.7 Å². The molecule has 100 valence electrons. The summed E-state index contributed by atoms with van der Waals surface area (Å²) in [6.45, 7) is 0. The Labute approximate surface area is 119 Å². The molecule has 0 radical (unpaired) electrons. The maximum atomic E-state index is 13.4. The number of nitrogens with zero attached hydrogens (tertiary/aromatic N) is 1. The molecule has 0 saturated carbocycles. The molecule has 1 aromatic heterocycles. The van der Waals surface area contributed by atoms with Crippen LogP contribution in [0.15, 0.2) is 48.7 Å². The van der Waals surface area contributed by atoms with E-state index in [-0.39, 0.29) is 16.5 Å². The molecule has 0 aliphatic heterocycles. The molecule has 0 bridgehead atoms. The Hall–Kier alpha value is -2.33. The van der Waals surface area contributed by atoms with E-state index in [0.29, 0.717) is 5.75 Å². The van der Waals surface area contributed by atoms with Gasteiger partial charge in [-0.05, 0) is 24.3 Å². The molecule has 2 aromatic carbocycles. The van der Waals surface area contributed by atoms with E-state index in [1.54, 1.807) is 18.3 Å². The summed E-state index contributed by atoms with van der Waals surface area (Å²) in [5, 5.41) is 0.963. The van der Waals surface area contributed by atoms with Crippen molar-refractivity contribution in [1.29, 1.82) is 0 Å². The van der Waals surface area contributed by atoms with Crippen molar-refractivity contribution in [2.45, 2.75) is 0 Å². The molecule has 0 amide bonds. The monoisotopic (exact) mass is 288 g/mol. The van der Waals surface area contributed by atoms with Crippen LogP contribution in [0.3, 0.4) is 0 Å². The first-order valence-corrected chi connectivity index (χ1v) is 6.28. The number of nitrogens with two attached hydrogens (primary N) is 1. The largest absolute Gasteiger partial charge is 0.455 e. The highest BCUT2D eigenvalue weighted by Gasteiger charge is 2.09. The van der Waals surface area contributed by atoms with Crippen molar-refractivity contribution >= 4 is 28.2 Å². The number of aromatic nitrogens is 1. The van der Waals surface area contributed by atoms with Gasteiger partial charge in [-0.15, -0.1) is 0 Å². The molecular weight excluding hydrogens is 279 g/mol. The van der Waals surface area contributed by atoms with Crippen LogP contribution in [0.1, 0.15) is 0 Å². The van der Waals surface area contributed by atoms with E-state index in [0.717, 1.165) is 10.9 Å². The second-order valence-corrected chi connectivity index (χ2v) is 4.67. The summed E-state index contributed by atoms with van der Waals surface area (Å²) in [6.07, 6.45) is 1.70. The zero-order chi connectivity index (χ0) is 14.1. The number of rotatable bonds is 2. The standard InChI is InChI=1S/C15H10ClFN2O/c16-11-7-13(18)15(8-12(11)17)20-10-4-3-9-2-1-5-19-14(9)6-10/h1-8H,18H2. The van der Waals surface area contributed by atoms with Crippen molar-refractivity contribution < 1.29 is 9.13 Å². The highest BCUT2D eigenvalue weighted by molar-refractivity contribution is 6.31. The maximum absolute atomic E-state index is 13.4. The predicted molar refractivity (Wildman–Crippen MR) is 77.6 cm³/mol. The highest BCUT2D eigenvalue weighted by Crippen LogP contribution is 2.32. The number of pyridine rings is 1. The Bertz CT molecular complexity index is 792. The van der Waals surface area contributed by atoms with Crippen LogP contribution in [0.4, 0.5) is 10.1 Å². The van der Waals surface area contributed by atoms with Crippen LogP contribution in [-0.4, -0.2) is 4.98 Å². The summed E-state index contributed by atoms with van der Waals surface area (Å²) >= 11 is 5.65. The highest BCUT2D eigenvalue weighted by atomic mass is 35.5. The predicted octanol–water partition coefficient (Wildman–Crippen LogP) is 4.40. The summed E-state index contributed by atoms with van der Waals surface area (Å²) in [4.78, 5) is 4.23. The molecule has 5 heteroatoms. The van der Waals surface area contributed by atoms with Crippen LogP contribution in [-0.2, 0) is 0 Å². The lowest BCUT2D eigenvalue weighted by atomic mass is 10.2. The third kappa shape index (κ3) is 2.38. The van der Waals surface area contributed by atoms with Gasteiger partial charge in [0.15, 0.2) is 5.75 Å². The van der Waals surface area contributed by atoms with Crippen LogP contribution >= 0.6 is 11.6 Å². The molecule has 2 N–H and O–H groups in total. The Morgan fingerprint density at radius 1 is 1.15 bits per heavy atom. The summed E-state index contributed by atoms with van der Waals surface area (Å²) < 4.78 is 19.0. The molecule has 0 aliphatic rings. The molecule has 0 unspecified atom stereocenters. The molecule has 1 heterocycles. The van der Waals surface area contributed by atoms with Gasteiger partial charge in [-0.25, -0.2) is 4.39 Å². The Morgan fingerprint density at radius 2 is 2.00 bits per heavy atom. The van der Waals surface area contributed by atoms with Crippen LogP contribution in [0.2, 0.25) is 5.02 Å². The number of hydrogen-bond donors (Lipinski definition) is 1. The third-order valence-corrected chi connectivity index (χ3v) is 3.15. The summed E-state index contributed by atoms with van der Waals surface area (Å²) in [6, 6.07) is 11.7. The lowest BCUT2D eigenvalue weighted by Crippen LogP contribution is -1.94. The lowest BCUT2D eigenvalue weighted by Gasteiger charge is -2.09. The molecule has 0 spiro atoms. The van der Waals surface area contributed by atoms with Crippen molar-refractivity contribution in [1.82, 2.24) is 4.98 Å². The third-order valence-electron chi connectivity index (χ3n) is 2.86. The first kappa shape index (κ1) is 12.7. The quantitative estimate of drug-likeness (QED) is 0.711. The van der Waals surface area contributed by atoms with Gasteiger partial charge in [-0.3, -0.25) is 4.98 Å². The molecule has 3 rings (SSSR count). The van der Waals surface area contributed by atoms with E-state index in [2.05, 4.69) is 4.98 Å². The number of ether oxygens (including phenoxy) is 1. The van der Waals surface area contributed by atoms with Crippen molar-refractivity contribution in [3.63, 3.8) is 0 Å². The molecule has 0 atom stereocenters. The summed E-state index contributed by atoms with van der Waals surface area (Å²) in [7, 11) is 0. The van der Waals surface area contributed by atoms with E-state index in [1.807, 2.05) is 18.2 Å². The van der Waals surface area contributed by atoms with E-state index in [9.17, 15) is 4.39 Å². The summed E-state index contributed by atoms with van der Waals surface area (Å²) in [5.41, 5.74) is 6.82. The van der Waals surface area contributed by atoms with E-state index in [4.69, 9.17) is 22.1 Å². The van der Waals surface area contributed by atoms with Gasteiger partial charge in [0.1, 0.15) is 11.6 Å². The molecule has 0 aliphatic carbocycles. The fourth-order valence-corrected chi connectivity index (χ4v) is 2.04. The van der Waals surface area contributed by atoms with Crippen molar-refractivity contribution in [3.8, 4) is 11.5 Å². The van der Waals surface area contributed by atoms with Crippen LogP contribution in [0.25, 0.3) is 10.9 Å². The van der Waals surface area contributed by atoms with Crippen molar-refractivity contribution in [2.75, 3.05) is 5.73 Å². The normalized spacial score (nSPS) is 10.7. The number of benzene rings is 2. The summed E-state index contributed by atoms with van der Waals surface area (Å²) in [5.74, 6) is 0.182. The second-order valence-electron chi connectivity index (χ2n) is 4.26. The fraction of sp³-hybridized carbons (Fsp3) is 0. The zero-order valence-corrected chi connectivity index (χ0v) is 11.1. The first-order chi connectivity index (χ1) is 9.63. The molecular formula is C15H10ClFN2O. The number of hydrogen-bond acceptors (Lipinski definition) is 3. The SMILES string of the molecule is Nc1cc(Cl)c(F)cc1Oc1ccc2cccnc2c1. The van der Waals surface area contributed by atoms with Crippen molar-refractivity contribution in [3.05, 3.63) is 59.5 Å². The smallest absolute Gasteiger partial charge is 0.153 e. The van der Waals surface area contributed by atoms with E-state index in [1.165, 1.54) is 12.1 Å². The van der Waals surface area contributed by atoms with Crippen LogP contribution in [0, 0.1) is 5.82 Å². The van der Waals surface area contributed by atoms with E-state index >= 15 is 0 Å².